The summed E-state index contributed by atoms with van der Waals surface area (Å²) >= 11 is 0. The molecule has 0 saturated carbocycles. The number of aliphatic hydroxyl groups excluding tert-OH is 4. The minimum Gasteiger partial charge on any atom is -0.392 e. The smallest absolute Gasteiger partial charge is 0.112 e. The molecule has 0 heterocycles. The molecule has 24 heavy (non-hydrogen) atoms. The molecule has 5 nitrogen and oxygen atoms in total. The summed E-state index contributed by atoms with van der Waals surface area (Å²) in [6.45, 7) is -0.378. The topological polar surface area (TPSA) is 93.3 Å². The molecule has 0 aromatic heterocycles. The number of aliphatic hydroxyl groups is 4. The van der Waals surface area contributed by atoms with E-state index >= 15 is 0 Å². The SMILES string of the molecule is OCC1=C[C@H](N=C/C=C/c2ccccc2)[C@H](O)C(O)[C@@H]1O.S.S.S. The Morgan fingerprint density at radius 1 is 0.958 bits per heavy atom. The highest BCUT2D eigenvalue weighted by atomic mass is 32.1. The summed E-state index contributed by atoms with van der Waals surface area (Å²) in [7, 11) is 0. The third-order valence-electron chi connectivity index (χ3n) is 3.40. The van der Waals surface area contributed by atoms with Gasteiger partial charge in [0.1, 0.15) is 18.3 Å². The molecule has 0 amide bonds. The second kappa shape index (κ2) is 12.6. The summed E-state index contributed by atoms with van der Waals surface area (Å²) in [5.41, 5.74) is 1.29. The van der Waals surface area contributed by atoms with E-state index in [0.29, 0.717) is 0 Å². The monoisotopic (exact) mass is 391 g/mol. The van der Waals surface area contributed by atoms with Gasteiger partial charge in [0.25, 0.3) is 0 Å². The molecule has 2 rings (SSSR count). The molecule has 8 heteroatoms. The molecular formula is C16H25NO4S3. The first-order chi connectivity index (χ1) is 10.1. The molecule has 0 radical (unpaired) electrons. The summed E-state index contributed by atoms with van der Waals surface area (Å²) < 4.78 is 0. The van der Waals surface area contributed by atoms with Crippen LogP contribution < -0.4 is 0 Å². The van der Waals surface area contributed by atoms with Crippen LogP contribution in [-0.4, -0.2) is 57.6 Å². The lowest BCUT2D eigenvalue weighted by Crippen LogP contribution is -2.48. The Morgan fingerprint density at radius 2 is 1.58 bits per heavy atom. The quantitative estimate of drug-likeness (QED) is 0.444. The van der Waals surface area contributed by atoms with Crippen LogP contribution in [0.3, 0.4) is 0 Å². The van der Waals surface area contributed by atoms with E-state index in [9.17, 15) is 15.3 Å². The summed E-state index contributed by atoms with van der Waals surface area (Å²) in [6, 6.07) is 8.99. The van der Waals surface area contributed by atoms with Gasteiger partial charge in [0.05, 0.1) is 12.6 Å². The van der Waals surface area contributed by atoms with E-state index in [1.807, 2.05) is 36.4 Å². The van der Waals surface area contributed by atoms with Gasteiger partial charge >= 0.3 is 0 Å². The van der Waals surface area contributed by atoms with E-state index in [0.717, 1.165) is 5.56 Å². The van der Waals surface area contributed by atoms with Crippen LogP contribution >= 0.6 is 40.5 Å². The van der Waals surface area contributed by atoms with Gasteiger partial charge in [-0.25, -0.2) is 0 Å². The maximum Gasteiger partial charge on any atom is 0.112 e. The fourth-order valence-corrected chi connectivity index (χ4v) is 2.17. The Morgan fingerprint density at radius 3 is 2.17 bits per heavy atom. The van der Waals surface area contributed by atoms with Crippen molar-refractivity contribution in [1.82, 2.24) is 0 Å². The number of allylic oxidation sites excluding steroid dienone is 1. The van der Waals surface area contributed by atoms with Crippen molar-refractivity contribution in [2.45, 2.75) is 24.4 Å². The van der Waals surface area contributed by atoms with E-state index in [4.69, 9.17) is 5.11 Å². The molecule has 0 bridgehead atoms. The Bertz CT molecular complexity index is 552. The highest BCUT2D eigenvalue weighted by Gasteiger charge is 2.36. The third-order valence-corrected chi connectivity index (χ3v) is 3.40. The van der Waals surface area contributed by atoms with Gasteiger partial charge in [-0.15, -0.1) is 0 Å². The number of benzene rings is 1. The maximum absolute atomic E-state index is 9.86. The van der Waals surface area contributed by atoms with Crippen molar-refractivity contribution in [3.8, 4) is 0 Å². The van der Waals surface area contributed by atoms with Gasteiger partial charge in [-0.05, 0) is 17.2 Å². The van der Waals surface area contributed by atoms with Gasteiger partial charge in [0, 0.05) is 6.21 Å². The first kappa shape index (κ1) is 25.5. The van der Waals surface area contributed by atoms with Crippen LogP contribution in [0.2, 0.25) is 0 Å². The van der Waals surface area contributed by atoms with Gasteiger partial charge in [0.15, 0.2) is 0 Å². The Labute approximate surface area is 162 Å². The van der Waals surface area contributed by atoms with Gasteiger partial charge in [-0.2, -0.15) is 40.5 Å². The lowest BCUT2D eigenvalue weighted by molar-refractivity contribution is -0.0592. The van der Waals surface area contributed by atoms with E-state index in [1.165, 1.54) is 12.3 Å². The zero-order valence-electron chi connectivity index (χ0n) is 12.9. The normalized spacial score (nSPS) is 26.2. The first-order valence-electron chi connectivity index (χ1n) is 6.74. The molecule has 1 unspecified atom stereocenters. The first-order valence-corrected chi connectivity index (χ1v) is 6.74. The van der Waals surface area contributed by atoms with E-state index in [1.54, 1.807) is 6.08 Å². The average molecular weight is 392 g/mol. The molecule has 0 spiro atoms. The zero-order chi connectivity index (χ0) is 15.2. The molecule has 1 aromatic rings. The Kier molecular flexibility index (Phi) is 13.4. The number of rotatable bonds is 4. The highest BCUT2D eigenvalue weighted by Crippen LogP contribution is 2.21. The van der Waals surface area contributed by atoms with E-state index in [2.05, 4.69) is 4.99 Å². The molecule has 0 saturated heterocycles. The number of nitrogens with zero attached hydrogens (tertiary/aromatic N) is 1. The molecule has 1 aromatic carbocycles. The summed E-state index contributed by atoms with van der Waals surface area (Å²) in [5.74, 6) is 0. The molecule has 4 atom stereocenters. The lowest BCUT2D eigenvalue weighted by Gasteiger charge is -2.32. The maximum atomic E-state index is 9.86. The van der Waals surface area contributed by atoms with Crippen molar-refractivity contribution in [1.29, 1.82) is 0 Å². The van der Waals surface area contributed by atoms with Gasteiger partial charge in [-0.1, -0.05) is 42.5 Å². The standard InChI is InChI=1S/C16H19NO4.3H2S/c18-10-12-9-13(15(20)16(21)14(12)19)17-8-4-7-11-5-2-1-3-6-11;;;/h1-9,13-16,18-21H,10H2;3*1H2/b7-4+,17-8?;;;/t13-,14+,15-,16?;;;/m0.../s1. The lowest BCUT2D eigenvalue weighted by atomic mass is 9.88. The Balaban J connectivity index is 0. The van der Waals surface area contributed by atoms with Crippen LogP contribution in [0.4, 0.5) is 0 Å². The summed E-state index contributed by atoms with van der Waals surface area (Å²) in [5, 5.41) is 38.3. The van der Waals surface area contributed by atoms with Crippen molar-refractivity contribution in [2.24, 2.45) is 4.99 Å². The fourth-order valence-electron chi connectivity index (χ4n) is 2.17. The summed E-state index contributed by atoms with van der Waals surface area (Å²) in [6.07, 6.45) is 2.79. The predicted octanol–water partition coefficient (Wildman–Crippen LogP) is 0.493. The molecule has 0 aliphatic heterocycles. The minimum absolute atomic E-state index is 0. The minimum atomic E-state index is -1.35. The predicted molar refractivity (Wildman–Crippen MR) is 112 cm³/mol. The van der Waals surface area contributed by atoms with E-state index in [-0.39, 0.29) is 52.7 Å². The van der Waals surface area contributed by atoms with Gasteiger partial charge < -0.3 is 20.4 Å². The molecule has 4 N–H and O–H groups in total. The van der Waals surface area contributed by atoms with Crippen LogP contribution in [0.25, 0.3) is 6.08 Å². The van der Waals surface area contributed by atoms with Gasteiger partial charge in [0.2, 0.25) is 0 Å². The molecule has 1 aliphatic rings. The fraction of sp³-hybridized carbons (Fsp3) is 0.312. The van der Waals surface area contributed by atoms with Crippen molar-refractivity contribution in [3.05, 3.63) is 53.6 Å². The van der Waals surface area contributed by atoms with Crippen LogP contribution in [0.5, 0.6) is 0 Å². The summed E-state index contributed by atoms with van der Waals surface area (Å²) in [4.78, 5) is 4.14. The molecule has 136 valence electrons. The number of hydrogen-bond acceptors (Lipinski definition) is 5. The second-order valence-electron chi connectivity index (χ2n) is 4.88. The van der Waals surface area contributed by atoms with Crippen LogP contribution in [0.15, 0.2) is 53.0 Å². The zero-order valence-corrected chi connectivity index (χ0v) is 15.9. The molecule has 0 fully saturated rings. The Hall–Kier alpha value is -0.740. The largest absolute Gasteiger partial charge is 0.392 e. The number of hydrogen-bond donors (Lipinski definition) is 4. The highest BCUT2D eigenvalue weighted by molar-refractivity contribution is 7.59. The average Bonchev–Trinajstić information content (AvgIpc) is 2.52. The van der Waals surface area contributed by atoms with Crippen molar-refractivity contribution < 1.29 is 20.4 Å². The van der Waals surface area contributed by atoms with Crippen molar-refractivity contribution >= 4 is 52.8 Å². The van der Waals surface area contributed by atoms with Crippen molar-refractivity contribution in [2.75, 3.05) is 6.61 Å². The second-order valence-corrected chi connectivity index (χ2v) is 4.88. The van der Waals surface area contributed by atoms with Crippen LogP contribution in [-0.2, 0) is 0 Å². The van der Waals surface area contributed by atoms with E-state index < -0.39 is 24.4 Å². The van der Waals surface area contributed by atoms with Crippen molar-refractivity contribution in [3.63, 3.8) is 0 Å². The molecule has 1 aliphatic carbocycles. The third kappa shape index (κ3) is 6.64. The van der Waals surface area contributed by atoms with Crippen LogP contribution in [0.1, 0.15) is 5.56 Å². The van der Waals surface area contributed by atoms with Crippen LogP contribution in [0, 0.1) is 0 Å². The number of aliphatic imine (C=N–C) groups is 1. The van der Waals surface area contributed by atoms with Gasteiger partial charge in [-0.3, -0.25) is 4.99 Å². The molecular weight excluding hydrogens is 366 g/mol.